The quantitative estimate of drug-likeness (QED) is 0.386. The van der Waals surface area contributed by atoms with Crippen LogP contribution in [-0.2, 0) is 11.9 Å². The van der Waals surface area contributed by atoms with E-state index in [0.29, 0.717) is 10.9 Å². The first-order valence-corrected chi connectivity index (χ1v) is 8.15. The fraction of sp³-hybridized carbons (Fsp3) is 0.200. The molecular formula is C15H13Br2NO3. The summed E-state index contributed by atoms with van der Waals surface area (Å²) >= 11 is 6.89. The van der Waals surface area contributed by atoms with Crippen molar-refractivity contribution in [3.05, 3.63) is 67.7 Å². The van der Waals surface area contributed by atoms with Crippen molar-refractivity contribution in [3.63, 3.8) is 0 Å². The van der Waals surface area contributed by atoms with Crippen molar-refractivity contribution in [2.45, 2.75) is 18.9 Å². The molecule has 0 aliphatic rings. The molecule has 2 aromatic carbocycles. The summed E-state index contributed by atoms with van der Waals surface area (Å²) in [6.07, 6.45) is 0. The molecular weight excluding hydrogens is 402 g/mol. The maximum atomic E-state index is 11.0. The predicted molar refractivity (Wildman–Crippen MR) is 88.9 cm³/mol. The number of halogens is 2. The molecule has 0 aliphatic heterocycles. The maximum absolute atomic E-state index is 11.0. The second-order valence-electron chi connectivity index (χ2n) is 4.47. The summed E-state index contributed by atoms with van der Waals surface area (Å²) in [4.78, 5) is 10.6. The summed E-state index contributed by atoms with van der Waals surface area (Å²) in [5.41, 5.74) is 2.58. The summed E-state index contributed by atoms with van der Waals surface area (Å²) in [5.74, 6) is 0.750. The molecule has 0 radical (unpaired) electrons. The van der Waals surface area contributed by atoms with E-state index in [9.17, 15) is 10.1 Å². The Labute approximate surface area is 139 Å². The molecule has 0 saturated carbocycles. The highest BCUT2D eigenvalue weighted by atomic mass is 79.9. The Morgan fingerprint density at radius 3 is 2.52 bits per heavy atom. The summed E-state index contributed by atoms with van der Waals surface area (Å²) < 4.78 is 6.72. The van der Waals surface area contributed by atoms with E-state index in [1.165, 1.54) is 6.07 Å². The number of hydrogen-bond acceptors (Lipinski definition) is 3. The number of nitro benzene ring substituents is 1. The van der Waals surface area contributed by atoms with Gasteiger partial charge in [0.2, 0.25) is 0 Å². The van der Waals surface area contributed by atoms with E-state index >= 15 is 0 Å². The molecule has 6 heteroatoms. The number of para-hydroxylation sites is 1. The van der Waals surface area contributed by atoms with E-state index in [2.05, 4.69) is 31.9 Å². The molecule has 0 saturated heterocycles. The van der Waals surface area contributed by atoms with Crippen LogP contribution >= 0.6 is 31.9 Å². The van der Waals surface area contributed by atoms with E-state index in [-0.39, 0.29) is 17.2 Å². The van der Waals surface area contributed by atoms with Crippen LogP contribution < -0.4 is 4.74 Å². The minimum Gasteiger partial charge on any atom is -0.487 e. The number of nitrogens with zero attached hydrogens (tertiary/aromatic N) is 1. The first-order valence-electron chi connectivity index (χ1n) is 6.23. The van der Waals surface area contributed by atoms with Crippen LogP contribution in [0.4, 0.5) is 5.69 Å². The molecule has 0 aromatic heterocycles. The fourth-order valence-corrected chi connectivity index (χ4v) is 2.96. The van der Waals surface area contributed by atoms with Gasteiger partial charge in [0, 0.05) is 22.5 Å². The standard InChI is InChI=1S/C15H13Br2NO3/c1-10-12(5-3-7-14(10)18(19)20)9-21-15-11(8-16)4-2-6-13(15)17/h2-7H,8-9H2,1H3. The smallest absolute Gasteiger partial charge is 0.272 e. The highest BCUT2D eigenvalue weighted by molar-refractivity contribution is 9.10. The summed E-state index contributed by atoms with van der Waals surface area (Å²) in [7, 11) is 0. The molecule has 0 spiro atoms. The number of benzene rings is 2. The number of alkyl halides is 1. The number of rotatable bonds is 5. The molecule has 0 atom stereocenters. The number of hydrogen-bond donors (Lipinski definition) is 0. The Balaban J connectivity index is 2.25. The van der Waals surface area contributed by atoms with E-state index < -0.39 is 0 Å². The molecule has 0 fully saturated rings. The van der Waals surface area contributed by atoms with Crippen LogP contribution in [0.2, 0.25) is 0 Å². The van der Waals surface area contributed by atoms with Crippen LogP contribution in [-0.4, -0.2) is 4.92 Å². The average molecular weight is 415 g/mol. The van der Waals surface area contributed by atoms with Gasteiger partial charge in [-0.15, -0.1) is 0 Å². The fourth-order valence-electron chi connectivity index (χ4n) is 1.99. The lowest BCUT2D eigenvalue weighted by atomic mass is 10.1. The zero-order chi connectivity index (χ0) is 15.4. The summed E-state index contributed by atoms with van der Waals surface area (Å²) in [5, 5.41) is 11.6. The van der Waals surface area contributed by atoms with Crippen molar-refractivity contribution in [1.29, 1.82) is 0 Å². The van der Waals surface area contributed by atoms with Gasteiger partial charge in [0.1, 0.15) is 12.4 Å². The Morgan fingerprint density at radius 2 is 1.86 bits per heavy atom. The van der Waals surface area contributed by atoms with Crippen molar-refractivity contribution in [1.82, 2.24) is 0 Å². The molecule has 2 rings (SSSR count). The lowest BCUT2D eigenvalue weighted by Crippen LogP contribution is -2.02. The van der Waals surface area contributed by atoms with Gasteiger partial charge in [-0.25, -0.2) is 0 Å². The van der Waals surface area contributed by atoms with E-state index in [4.69, 9.17) is 4.74 Å². The number of nitro groups is 1. The predicted octanol–water partition coefficient (Wildman–Crippen LogP) is 5.14. The van der Waals surface area contributed by atoms with Crippen LogP contribution in [0.15, 0.2) is 40.9 Å². The van der Waals surface area contributed by atoms with Crippen LogP contribution in [0.5, 0.6) is 5.75 Å². The Hall–Kier alpha value is -1.40. The third-order valence-corrected chi connectivity index (χ3v) is 4.41. The largest absolute Gasteiger partial charge is 0.487 e. The van der Waals surface area contributed by atoms with Gasteiger partial charge in [0.25, 0.3) is 5.69 Å². The van der Waals surface area contributed by atoms with Gasteiger partial charge in [-0.05, 0) is 34.5 Å². The molecule has 0 N–H and O–H groups in total. The van der Waals surface area contributed by atoms with E-state index in [0.717, 1.165) is 21.3 Å². The van der Waals surface area contributed by atoms with Gasteiger partial charge in [0.05, 0.1) is 9.40 Å². The molecule has 4 nitrogen and oxygen atoms in total. The highest BCUT2D eigenvalue weighted by Crippen LogP contribution is 2.32. The van der Waals surface area contributed by atoms with Crippen molar-refractivity contribution >= 4 is 37.5 Å². The molecule has 2 aromatic rings. The average Bonchev–Trinajstić information content (AvgIpc) is 2.46. The van der Waals surface area contributed by atoms with Gasteiger partial charge in [0.15, 0.2) is 0 Å². The lowest BCUT2D eigenvalue weighted by molar-refractivity contribution is -0.385. The van der Waals surface area contributed by atoms with E-state index in [1.807, 2.05) is 24.3 Å². The number of ether oxygens (including phenoxy) is 1. The lowest BCUT2D eigenvalue weighted by Gasteiger charge is -2.13. The van der Waals surface area contributed by atoms with Crippen molar-refractivity contribution < 1.29 is 9.66 Å². The van der Waals surface area contributed by atoms with Crippen LogP contribution in [0.3, 0.4) is 0 Å². The van der Waals surface area contributed by atoms with Gasteiger partial charge >= 0.3 is 0 Å². The third kappa shape index (κ3) is 3.63. The van der Waals surface area contributed by atoms with Crippen LogP contribution in [0.25, 0.3) is 0 Å². The molecule has 0 aliphatic carbocycles. The summed E-state index contributed by atoms with van der Waals surface area (Å²) in [6, 6.07) is 10.8. The molecule has 0 bridgehead atoms. The van der Waals surface area contributed by atoms with Gasteiger partial charge in [-0.2, -0.15) is 0 Å². The second-order valence-corrected chi connectivity index (χ2v) is 5.88. The van der Waals surface area contributed by atoms with Gasteiger partial charge < -0.3 is 4.74 Å². The van der Waals surface area contributed by atoms with Crippen molar-refractivity contribution in [2.24, 2.45) is 0 Å². The first kappa shape index (κ1) is 16.0. The van der Waals surface area contributed by atoms with Crippen LogP contribution in [0.1, 0.15) is 16.7 Å². The molecule has 0 heterocycles. The maximum Gasteiger partial charge on any atom is 0.272 e. The van der Waals surface area contributed by atoms with Gasteiger partial charge in [-0.1, -0.05) is 40.2 Å². The SMILES string of the molecule is Cc1c(COc2c(Br)cccc2CBr)cccc1[N+](=O)[O-]. The molecule has 0 unspecified atom stereocenters. The van der Waals surface area contributed by atoms with Gasteiger partial charge in [-0.3, -0.25) is 10.1 Å². The monoisotopic (exact) mass is 413 g/mol. The van der Waals surface area contributed by atoms with Crippen molar-refractivity contribution in [3.8, 4) is 5.75 Å². The summed E-state index contributed by atoms with van der Waals surface area (Å²) in [6.45, 7) is 2.03. The molecule has 0 amide bonds. The first-order chi connectivity index (χ1) is 10.0. The zero-order valence-corrected chi connectivity index (χ0v) is 14.5. The minimum absolute atomic E-state index is 0.115. The van der Waals surface area contributed by atoms with Crippen LogP contribution in [0, 0.1) is 17.0 Å². The molecule has 21 heavy (non-hydrogen) atoms. The Kier molecular flexibility index (Phi) is 5.36. The highest BCUT2D eigenvalue weighted by Gasteiger charge is 2.14. The zero-order valence-electron chi connectivity index (χ0n) is 11.3. The second kappa shape index (κ2) is 7.04. The third-order valence-electron chi connectivity index (χ3n) is 3.18. The van der Waals surface area contributed by atoms with Crippen molar-refractivity contribution in [2.75, 3.05) is 0 Å². The Bertz CT molecular complexity index is 674. The topological polar surface area (TPSA) is 52.4 Å². The normalized spacial score (nSPS) is 10.4. The molecule has 110 valence electrons. The van der Waals surface area contributed by atoms with E-state index in [1.54, 1.807) is 13.0 Å². The Morgan fingerprint density at radius 1 is 1.19 bits per heavy atom. The minimum atomic E-state index is -0.374.